The van der Waals surface area contributed by atoms with Gasteiger partial charge in [-0.15, -0.1) is 0 Å². The maximum Gasteiger partial charge on any atom is 0.305 e. The second kappa shape index (κ2) is 16.3. The minimum absolute atomic E-state index is 0.106. The molecular formula is C24H40N6O7. The average molecular weight is 525 g/mol. The Balaban J connectivity index is 2.98. The highest BCUT2D eigenvalue weighted by atomic mass is 16.4. The maximum atomic E-state index is 13.3. The third kappa shape index (κ3) is 10.6. The largest absolute Gasteiger partial charge is 0.481 e. The van der Waals surface area contributed by atoms with Crippen LogP contribution in [0.25, 0.3) is 0 Å². The summed E-state index contributed by atoms with van der Waals surface area (Å²) in [6.45, 7) is 4.26. The average Bonchev–Trinajstić information content (AvgIpc) is 3.34. The summed E-state index contributed by atoms with van der Waals surface area (Å²) in [7, 11) is 0. The highest BCUT2D eigenvalue weighted by Gasteiger charge is 2.39. The first kappa shape index (κ1) is 31.5. The lowest BCUT2D eigenvalue weighted by Gasteiger charge is -2.30. The first-order valence-electron chi connectivity index (χ1n) is 12.7. The van der Waals surface area contributed by atoms with Crippen molar-refractivity contribution in [2.24, 2.45) is 22.4 Å². The number of carboxylic acids is 1. The zero-order valence-corrected chi connectivity index (χ0v) is 21.6. The molecule has 3 amide bonds. The van der Waals surface area contributed by atoms with Gasteiger partial charge in [-0.2, -0.15) is 0 Å². The molecule has 1 aliphatic rings. The number of hydrogen-bond acceptors (Lipinski definition) is 7. The Morgan fingerprint density at radius 2 is 1.70 bits per heavy atom. The van der Waals surface area contributed by atoms with Crippen LogP contribution in [-0.2, 0) is 28.8 Å². The number of hydrogen-bond donors (Lipinski definition) is 5. The highest BCUT2D eigenvalue weighted by Crippen LogP contribution is 2.21. The number of carbonyl (C=O) groups excluding carboxylic acids is 5. The summed E-state index contributed by atoms with van der Waals surface area (Å²) in [5.41, 5.74) is 10.5. The number of aliphatic carboxylic acids is 1. The third-order valence-electron chi connectivity index (χ3n) is 6.20. The van der Waals surface area contributed by atoms with E-state index in [2.05, 4.69) is 15.6 Å². The first-order chi connectivity index (χ1) is 17.5. The molecule has 0 bridgehead atoms. The molecule has 208 valence electrons. The van der Waals surface area contributed by atoms with Gasteiger partial charge in [0.05, 0.1) is 12.5 Å². The number of amides is 3. The van der Waals surface area contributed by atoms with E-state index in [0.29, 0.717) is 25.7 Å². The van der Waals surface area contributed by atoms with Crippen LogP contribution in [0.5, 0.6) is 0 Å². The summed E-state index contributed by atoms with van der Waals surface area (Å²) in [4.78, 5) is 78.8. The van der Waals surface area contributed by atoms with Crippen LogP contribution in [0, 0.1) is 5.92 Å². The number of rotatable bonds is 17. The fourth-order valence-corrected chi connectivity index (χ4v) is 4.41. The van der Waals surface area contributed by atoms with Gasteiger partial charge in [0.15, 0.2) is 12.2 Å². The fraction of sp³-hybridized carbons (Fsp3) is 0.708. The zero-order chi connectivity index (χ0) is 28.0. The molecule has 1 heterocycles. The molecule has 0 aliphatic carbocycles. The third-order valence-corrected chi connectivity index (χ3v) is 6.20. The molecule has 13 heteroatoms. The molecule has 0 aromatic carbocycles. The summed E-state index contributed by atoms with van der Waals surface area (Å²) in [5, 5.41) is 14.5. The Hall–Kier alpha value is -3.51. The van der Waals surface area contributed by atoms with Gasteiger partial charge in [0, 0.05) is 19.0 Å². The van der Waals surface area contributed by atoms with Gasteiger partial charge in [-0.25, -0.2) is 0 Å². The summed E-state index contributed by atoms with van der Waals surface area (Å²) in [6, 6.07) is -3.42. The topological polar surface area (TPSA) is 214 Å². The molecule has 7 N–H and O–H groups in total. The number of nitrogens with zero attached hydrogens (tertiary/aromatic N) is 2. The van der Waals surface area contributed by atoms with E-state index in [-0.39, 0.29) is 50.0 Å². The van der Waals surface area contributed by atoms with Crippen molar-refractivity contribution in [3.05, 3.63) is 0 Å². The van der Waals surface area contributed by atoms with Crippen LogP contribution in [0.3, 0.4) is 0 Å². The molecule has 13 nitrogen and oxygen atoms in total. The number of nitrogens with two attached hydrogens (primary N) is 2. The van der Waals surface area contributed by atoms with E-state index in [0.717, 1.165) is 12.8 Å². The number of nitrogens with one attached hydrogen (secondary N) is 2. The normalized spacial score (nSPS) is 16.5. The van der Waals surface area contributed by atoms with Gasteiger partial charge in [0.1, 0.15) is 12.1 Å². The molecule has 1 saturated heterocycles. The van der Waals surface area contributed by atoms with E-state index >= 15 is 0 Å². The number of carboxylic acid groups (broad SMARTS) is 1. The first-order valence-corrected chi connectivity index (χ1v) is 12.7. The molecule has 1 fully saturated rings. The van der Waals surface area contributed by atoms with Gasteiger partial charge in [0.2, 0.25) is 23.5 Å². The second-order valence-corrected chi connectivity index (χ2v) is 9.15. The van der Waals surface area contributed by atoms with Gasteiger partial charge >= 0.3 is 5.97 Å². The molecule has 0 spiro atoms. The van der Waals surface area contributed by atoms with E-state index in [1.54, 1.807) is 0 Å². The van der Waals surface area contributed by atoms with Gasteiger partial charge in [-0.05, 0) is 38.5 Å². The highest BCUT2D eigenvalue weighted by molar-refractivity contribution is 6.28. The lowest BCUT2D eigenvalue weighted by molar-refractivity contribution is -0.146. The van der Waals surface area contributed by atoms with Crippen molar-refractivity contribution < 1.29 is 33.9 Å². The summed E-state index contributed by atoms with van der Waals surface area (Å²) >= 11 is 0. The van der Waals surface area contributed by atoms with Crippen LogP contribution in [0.4, 0.5) is 0 Å². The van der Waals surface area contributed by atoms with E-state index in [4.69, 9.17) is 11.5 Å². The summed E-state index contributed by atoms with van der Waals surface area (Å²) in [5.74, 6) is -4.26. The lowest BCUT2D eigenvalue weighted by Crippen LogP contribution is -2.56. The quantitative estimate of drug-likeness (QED) is 0.0542. The Morgan fingerprint density at radius 3 is 2.24 bits per heavy atom. The van der Waals surface area contributed by atoms with Crippen LogP contribution < -0.4 is 22.1 Å². The van der Waals surface area contributed by atoms with Gasteiger partial charge in [-0.3, -0.25) is 33.8 Å². The Labute approximate surface area is 216 Å². The molecule has 2 unspecified atom stereocenters. The summed E-state index contributed by atoms with van der Waals surface area (Å²) in [6.07, 6.45) is 3.41. The Kier molecular flexibility index (Phi) is 13.9. The number of aldehydes is 1. The van der Waals surface area contributed by atoms with Crippen molar-refractivity contribution >= 4 is 41.7 Å². The minimum Gasteiger partial charge on any atom is -0.481 e. The van der Waals surface area contributed by atoms with Gasteiger partial charge < -0.3 is 32.1 Å². The molecule has 0 radical (unpaired) electrons. The summed E-state index contributed by atoms with van der Waals surface area (Å²) < 4.78 is 0. The lowest BCUT2D eigenvalue weighted by atomic mass is 9.96. The van der Waals surface area contributed by atoms with Crippen LogP contribution in [-0.4, -0.2) is 82.9 Å². The van der Waals surface area contributed by atoms with Crippen molar-refractivity contribution in [1.82, 2.24) is 15.5 Å². The van der Waals surface area contributed by atoms with Crippen LogP contribution >= 0.6 is 0 Å². The predicted molar refractivity (Wildman–Crippen MR) is 135 cm³/mol. The number of aliphatic imine (C=N–C) groups is 1. The molecule has 0 aromatic heterocycles. The number of carbonyl (C=O) groups is 6. The molecule has 0 aromatic rings. The van der Waals surface area contributed by atoms with E-state index in [1.807, 2.05) is 13.8 Å². The molecule has 0 saturated carbocycles. The van der Waals surface area contributed by atoms with Gasteiger partial charge in [-0.1, -0.05) is 26.7 Å². The van der Waals surface area contributed by atoms with Crippen molar-refractivity contribution in [1.29, 1.82) is 0 Å². The molecule has 1 aliphatic heterocycles. The monoisotopic (exact) mass is 524 g/mol. The molecule has 3 atom stereocenters. The minimum atomic E-state index is -1.33. The van der Waals surface area contributed by atoms with Crippen molar-refractivity contribution in [2.75, 3.05) is 13.1 Å². The predicted octanol–water partition coefficient (Wildman–Crippen LogP) is -0.540. The number of Topliss-reactive ketones (excluding diaryl/α,β-unsaturated/α-hetero) is 1. The van der Waals surface area contributed by atoms with Crippen LogP contribution in [0.15, 0.2) is 4.99 Å². The smallest absolute Gasteiger partial charge is 0.305 e. The zero-order valence-electron chi connectivity index (χ0n) is 21.6. The van der Waals surface area contributed by atoms with Crippen molar-refractivity contribution in [3.8, 4) is 0 Å². The van der Waals surface area contributed by atoms with Crippen LogP contribution in [0.1, 0.15) is 71.6 Å². The fourth-order valence-electron chi connectivity index (χ4n) is 4.41. The number of guanidine groups is 1. The van der Waals surface area contributed by atoms with Crippen LogP contribution in [0.2, 0.25) is 0 Å². The molecular weight excluding hydrogens is 484 g/mol. The number of ketones is 1. The van der Waals surface area contributed by atoms with E-state index < -0.39 is 48.1 Å². The molecule has 37 heavy (non-hydrogen) atoms. The number of likely N-dealkylation sites (tertiary alicyclic amines) is 1. The Morgan fingerprint density at radius 1 is 1.05 bits per heavy atom. The molecule has 1 rings (SSSR count). The standard InChI is InChI=1S/C24H40N6O7/c1-3-7-15(8-4-2)21(35)29-17(13-20(33)34)23(37)30-12-6-10-18(30)22(36)28-16(19(32)14-31)9-5-11-27-24(25)26/h14-18H,3-13H2,1-2H3,(H,28,36)(H,29,35)(H,33,34)(H4,25,26,27)/t16-,17?,18?/m0/s1. The van der Waals surface area contributed by atoms with Gasteiger partial charge in [0.25, 0.3) is 0 Å². The maximum absolute atomic E-state index is 13.3. The van der Waals surface area contributed by atoms with E-state index in [9.17, 15) is 33.9 Å². The Bertz CT molecular complexity index is 853. The van der Waals surface area contributed by atoms with Crippen molar-refractivity contribution in [3.63, 3.8) is 0 Å². The van der Waals surface area contributed by atoms with E-state index in [1.165, 1.54) is 4.90 Å². The SMILES string of the molecule is CCCC(CCC)C(=O)NC(CC(=O)O)C(=O)N1CCCC1C(=O)N[C@@H](CCCN=C(N)N)C(=O)C=O. The second-order valence-electron chi connectivity index (χ2n) is 9.15. The van der Waals surface area contributed by atoms with Crippen molar-refractivity contribution in [2.45, 2.75) is 89.8 Å².